The van der Waals surface area contributed by atoms with Crippen molar-refractivity contribution in [3.8, 4) is 0 Å². The van der Waals surface area contributed by atoms with Gasteiger partial charge in [0.2, 0.25) is 0 Å². The fraction of sp³-hybridized carbons (Fsp3) is 0.455. The zero-order valence-corrected chi connectivity index (χ0v) is 17.5. The molecular weight excluding hydrogens is 411 g/mol. The van der Waals surface area contributed by atoms with Crippen molar-refractivity contribution in [1.82, 2.24) is 10.2 Å². The molecule has 0 bridgehead atoms. The Bertz CT molecular complexity index is 875. The average molecular weight is 438 g/mol. The first-order valence-electron chi connectivity index (χ1n) is 10.3. The molecule has 1 saturated heterocycles. The molecule has 162 valence electrons. The second-order valence-electron chi connectivity index (χ2n) is 7.72. The monoisotopic (exact) mass is 437 g/mol. The first kappa shape index (κ1) is 21.5. The number of hydrogen-bond donors (Lipinski definition) is 2. The van der Waals surface area contributed by atoms with E-state index in [1.54, 1.807) is 6.07 Å². The van der Waals surface area contributed by atoms with Crippen molar-refractivity contribution in [2.45, 2.75) is 34.9 Å². The standard InChI is InChI=1S/C22H26F3N3OS/c23-22(24,25)16-6-7-21-19(14-16)28(18-4-1-2-5-20(18)30-21)11-3-10-27-12-9-26-17(15-27)8-13-29/h1-2,4-7,14,17,26,29H,3,8-13,15H2. The molecule has 4 nitrogen and oxygen atoms in total. The lowest BCUT2D eigenvalue weighted by Crippen LogP contribution is -2.51. The Balaban J connectivity index is 1.51. The van der Waals surface area contributed by atoms with Crippen LogP contribution in [-0.2, 0) is 6.18 Å². The van der Waals surface area contributed by atoms with Crippen molar-refractivity contribution in [2.24, 2.45) is 0 Å². The van der Waals surface area contributed by atoms with Crippen molar-refractivity contribution in [2.75, 3.05) is 44.2 Å². The van der Waals surface area contributed by atoms with Gasteiger partial charge in [-0.15, -0.1) is 0 Å². The van der Waals surface area contributed by atoms with E-state index in [2.05, 4.69) is 10.2 Å². The summed E-state index contributed by atoms with van der Waals surface area (Å²) in [6.45, 7) is 4.44. The lowest BCUT2D eigenvalue weighted by atomic mass is 10.1. The maximum Gasteiger partial charge on any atom is 0.416 e. The number of fused-ring (bicyclic) bond motifs is 2. The summed E-state index contributed by atoms with van der Waals surface area (Å²) in [5.41, 5.74) is 0.986. The highest BCUT2D eigenvalue weighted by Crippen LogP contribution is 2.49. The second-order valence-corrected chi connectivity index (χ2v) is 8.80. The average Bonchev–Trinajstić information content (AvgIpc) is 2.73. The third-order valence-corrected chi connectivity index (χ3v) is 6.76. The number of piperazine rings is 1. The number of nitrogens with zero attached hydrogens (tertiary/aromatic N) is 2. The highest BCUT2D eigenvalue weighted by Gasteiger charge is 2.33. The van der Waals surface area contributed by atoms with E-state index in [0.29, 0.717) is 18.3 Å². The number of benzene rings is 2. The molecule has 8 heteroatoms. The third-order valence-electron chi connectivity index (χ3n) is 5.63. The van der Waals surface area contributed by atoms with E-state index in [1.807, 2.05) is 29.2 Å². The molecule has 1 unspecified atom stereocenters. The molecule has 0 aromatic heterocycles. The molecule has 2 N–H and O–H groups in total. The van der Waals surface area contributed by atoms with Crippen LogP contribution in [0, 0.1) is 0 Å². The van der Waals surface area contributed by atoms with E-state index in [9.17, 15) is 13.2 Å². The minimum atomic E-state index is -4.36. The molecule has 0 saturated carbocycles. The molecule has 2 aromatic carbocycles. The quantitative estimate of drug-likeness (QED) is 0.703. The molecule has 30 heavy (non-hydrogen) atoms. The predicted molar refractivity (Wildman–Crippen MR) is 114 cm³/mol. The van der Waals surface area contributed by atoms with E-state index in [1.165, 1.54) is 23.9 Å². The van der Waals surface area contributed by atoms with Gasteiger partial charge in [-0.25, -0.2) is 0 Å². The minimum Gasteiger partial charge on any atom is -0.396 e. The number of aliphatic hydroxyl groups excluding tert-OH is 1. The molecule has 1 atom stereocenters. The lowest BCUT2D eigenvalue weighted by Gasteiger charge is -2.36. The maximum atomic E-state index is 13.3. The molecular formula is C22H26F3N3OS. The first-order valence-corrected chi connectivity index (χ1v) is 11.1. The number of halogens is 3. The summed E-state index contributed by atoms with van der Waals surface area (Å²) >= 11 is 1.52. The maximum absolute atomic E-state index is 13.3. The van der Waals surface area contributed by atoms with Crippen LogP contribution in [-0.4, -0.2) is 55.4 Å². The highest BCUT2D eigenvalue weighted by atomic mass is 32.2. The van der Waals surface area contributed by atoms with E-state index in [4.69, 9.17) is 5.11 Å². The van der Waals surface area contributed by atoms with Crippen molar-refractivity contribution in [1.29, 1.82) is 0 Å². The molecule has 2 aliphatic rings. The van der Waals surface area contributed by atoms with Gasteiger partial charge in [0, 0.05) is 48.6 Å². The van der Waals surface area contributed by atoms with Gasteiger partial charge in [-0.05, 0) is 49.7 Å². The summed E-state index contributed by atoms with van der Waals surface area (Å²) in [5.74, 6) is 0. The van der Waals surface area contributed by atoms with Crippen LogP contribution < -0.4 is 10.2 Å². The number of hydrogen-bond acceptors (Lipinski definition) is 5. The van der Waals surface area contributed by atoms with Crippen LogP contribution in [0.4, 0.5) is 24.5 Å². The van der Waals surface area contributed by atoms with Crippen LogP contribution in [0.15, 0.2) is 52.3 Å². The van der Waals surface area contributed by atoms with E-state index in [0.717, 1.165) is 54.5 Å². The molecule has 0 amide bonds. The second kappa shape index (κ2) is 9.18. The van der Waals surface area contributed by atoms with Gasteiger partial charge in [0.15, 0.2) is 0 Å². The van der Waals surface area contributed by atoms with Crippen molar-refractivity contribution in [3.05, 3.63) is 48.0 Å². The normalized spacial score (nSPS) is 19.5. The summed E-state index contributed by atoms with van der Waals surface area (Å²) < 4.78 is 40.0. The highest BCUT2D eigenvalue weighted by molar-refractivity contribution is 7.99. The van der Waals surface area contributed by atoms with Crippen LogP contribution >= 0.6 is 11.8 Å². The molecule has 2 aliphatic heterocycles. The summed E-state index contributed by atoms with van der Waals surface area (Å²) in [4.78, 5) is 6.32. The van der Waals surface area contributed by atoms with Crippen LogP contribution in [0.1, 0.15) is 18.4 Å². The Morgan fingerprint density at radius 1 is 1.07 bits per heavy atom. The third kappa shape index (κ3) is 4.77. The van der Waals surface area contributed by atoms with Crippen LogP contribution in [0.3, 0.4) is 0 Å². The van der Waals surface area contributed by atoms with Crippen molar-refractivity contribution >= 4 is 23.1 Å². The van der Waals surface area contributed by atoms with Gasteiger partial charge in [0.25, 0.3) is 0 Å². The van der Waals surface area contributed by atoms with Gasteiger partial charge >= 0.3 is 6.18 Å². The van der Waals surface area contributed by atoms with Crippen LogP contribution in [0.2, 0.25) is 0 Å². The molecule has 2 heterocycles. The predicted octanol–water partition coefficient (Wildman–Crippen LogP) is 4.35. The van der Waals surface area contributed by atoms with E-state index >= 15 is 0 Å². The van der Waals surface area contributed by atoms with E-state index in [-0.39, 0.29) is 6.61 Å². The van der Waals surface area contributed by atoms with Gasteiger partial charge in [0.05, 0.1) is 16.9 Å². The number of aliphatic hydroxyl groups is 1. The summed E-state index contributed by atoms with van der Waals surface area (Å²) in [6.07, 6.45) is -2.77. The Morgan fingerprint density at radius 2 is 1.87 bits per heavy atom. The molecule has 1 fully saturated rings. The fourth-order valence-electron chi connectivity index (χ4n) is 4.15. The minimum absolute atomic E-state index is 0.173. The first-order chi connectivity index (χ1) is 14.5. The molecule has 0 radical (unpaired) electrons. The molecule has 0 aliphatic carbocycles. The van der Waals surface area contributed by atoms with Crippen LogP contribution in [0.25, 0.3) is 0 Å². The Morgan fingerprint density at radius 3 is 2.67 bits per heavy atom. The van der Waals surface area contributed by atoms with Gasteiger partial charge in [-0.1, -0.05) is 23.9 Å². The number of anilines is 2. The number of alkyl halides is 3. The molecule has 4 rings (SSSR count). The van der Waals surface area contributed by atoms with Crippen molar-refractivity contribution in [3.63, 3.8) is 0 Å². The van der Waals surface area contributed by atoms with Gasteiger partial charge < -0.3 is 20.2 Å². The summed E-state index contributed by atoms with van der Waals surface area (Å²) in [5, 5.41) is 12.6. The fourth-order valence-corrected chi connectivity index (χ4v) is 5.22. The summed E-state index contributed by atoms with van der Waals surface area (Å²) in [6, 6.07) is 12.2. The molecule has 2 aromatic rings. The number of para-hydroxylation sites is 1. The molecule has 0 spiro atoms. The van der Waals surface area contributed by atoms with Gasteiger partial charge in [-0.2, -0.15) is 13.2 Å². The van der Waals surface area contributed by atoms with E-state index < -0.39 is 11.7 Å². The Kier molecular flexibility index (Phi) is 6.57. The largest absolute Gasteiger partial charge is 0.416 e. The van der Waals surface area contributed by atoms with Gasteiger partial charge in [-0.3, -0.25) is 0 Å². The lowest BCUT2D eigenvalue weighted by molar-refractivity contribution is -0.137. The van der Waals surface area contributed by atoms with Crippen molar-refractivity contribution < 1.29 is 18.3 Å². The Hall–Kier alpha value is -1.74. The smallest absolute Gasteiger partial charge is 0.396 e. The summed E-state index contributed by atoms with van der Waals surface area (Å²) in [7, 11) is 0. The SMILES string of the molecule is OCCC1CN(CCCN2c3ccccc3Sc3ccc(C(F)(F)F)cc32)CCN1. The van der Waals surface area contributed by atoms with Gasteiger partial charge in [0.1, 0.15) is 0 Å². The number of rotatable bonds is 6. The number of nitrogens with one attached hydrogen (secondary N) is 1. The topological polar surface area (TPSA) is 38.7 Å². The zero-order chi connectivity index (χ0) is 21.1. The zero-order valence-electron chi connectivity index (χ0n) is 16.7. The Labute approximate surface area is 179 Å². The van der Waals surface area contributed by atoms with Crippen LogP contribution in [0.5, 0.6) is 0 Å².